The molecular weight excluding hydrogens is 352 g/mol. The first-order valence-electron chi connectivity index (χ1n) is 6.43. The van der Waals surface area contributed by atoms with Crippen LogP contribution in [0.2, 0.25) is 0 Å². The molecule has 1 rings (SSSR count). The molecule has 0 radical (unpaired) electrons. The van der Waals surface area contributed by atoms with E-state index in [4.69, 9.17) is 0 Å². The van der Waals surface area contributed by atoms with E-state index in [-0.39, 0.29) is 12.3 Å². The molecule has 0 aliphatic rings. The topological polar surface area (TPSA) is 84.5 Å². The SMILES string of the molecule is C=C(Br)C[C@@H](NC(=O)c1cccc(NC(C)=O)c1)C(=O)OC. The maximum Gasteiger partial charge on any atom is 0.328 e. The van der Waals surface area contributed by atoms with Gasteiger partial charge in [0.1, 0.15) is 6.04 Å². The summed E-state index contributed by atoms with van der Waals surface area (Å²) in [7, 11) is 1.25. The van der Waals surface area contributed by atoms with Gasteiger partial charge in [-0.15, -0.1) is 0 Å². The van der Waals surface area contributed by atoms with Crippen molar-refractivity contribution in [1.82, 2.24) is 5.32 Å². The van der Waals surface area contributed by atoms with Crippen LogP contribution in [0.5, 0.6) is 0 Å². The number of rotatable bonds is 6. The fraction of sp³-hybridized carbons (Fsp3) is 0.267. The van der Waals surface area contributed by atoms with Gasteiger partial charge in [0, 0.05) is 24.6 Å². The van der Waals surface area contributed by atoms with E-state index in [1.165, 1.54) is 20.1 Å². The standard InChI is InChI=1S/C15H17BrN2O4/c1-9(16)7-13(15(21)22-3)18-14(20)11-5-4-6-12(8-11)17-10(2)19/h4-6,8,13H,1,7H2,2-3H3,(H,17,19)(H,18,20)/t13-/m1/s1. The first kappa shape index (κ1) is 17.9. The number of carbonyl (C=O) groups is 3. The van der Waals surface area contributed by atoms with Crippen molar-refractivity contribution in [1.29, 1.82) is 0 Å². The van der Waals surface area contributed by atoms with Gasteiger partial charge in [0.25, 0.3) is 5.91 Å². The first-order chi connectivity index (χ1) is 10.3. The van der Waals surface area contributed by atoms with Crippen LogP contribution in [0.15, 0.2) is 35.3 Å². The lowest BCUT2D eigenvalue weighted by Crippen LogP contribution is -2.41. The second-order valence-corrected chi connectivity index (χ2v) is 5.65. The third-order valence-electron chi connectivity index (χ3n) is 2.66. The Labute approximate surface area is 137 Å². The lowest BCUT2D eigenvalue weighted by atomic mass is 10.1. The monoisotopic (exact) mass is 368 g/mol. The van der Waals surface area contributed by atoms with E-state index in [9.17, 15) is 14.4 Å². The molecular formula is C15H17BrN2O4. The third kappa shape index (κ3) is 5.69. The second-order valence-electron chi connectivity index (χ2n) is 4.53. The van der Waals surface area contributed by atoms with Gasteiger partial charge < -0.3 is 15.4 Å². The van der Waals surface area contributed by atoms with E-state index in [1.54, 1.807) is 18.2 Å². The zero-order valence-corrected chi connectivity index (χ0v) is 13.9. The summed E-state index contributed by atoms with van der Waals surface area (Å²) in [5.41, 5.74) is 0.819. The summed E-state index contributed by atoms with van der Waals surface area (Å²) in [6.45, 7) is 5.03. The number of amides is 2. The quantitative estimate of drug-likeness (QED) is 0.753. The number of benzene rings is 1. The van der Waals surface area contributed by atoms with E-state index < -0.39 is 17.9 Å². The van der Waals surface area contributed by atoms with Gasteiger partial charge in [0.15, 0.2) is 0 Å². The van der Waals surface area contributed by atoms with Crippen molar-refractivity contribution in [3.05, 3.63) is 40.9 Å². The van der Waals surface area contributed by atoms with Gasteiger partial charge in [-0.3, -0.25) is 9.59 Å². The Morgan fingerprint density at radius 2 is 2.05 bits per heavy atom. The Morgan fingerprint density at radius 3 is 2.59 bits per heavy atom. The molecule has 0 saturated carbocycles. The molecule has 0 aliphatic carbocycles. The van der Waals surface area contributed by atoms with E-state index in [1.807, 2.05) is 0 Å². The molecule has 1 aromatic rings. The normalized spacial score (nSPS) is 11.2. The van der Waals surface area contributed by atoms with Crippen LogP contribution >= 0.6 is 15.9 Å². The molecule has 2 amide bonds. The molecule has 0 bridgehead atoms. The molecule has 0 spiro atoms. The van der Waals surface area contributed by atoms with Crippen LogP contribution in [0.1, 0.15) is 23.7 Å². The molecule has 0 heterocycles. The maximum absolute atomic E-state index is 12.2. The fourth-order valence-electron chi connectivity index (χ4n) is 1.74. The van der Waals surface area contributed by atoms with E-state index in [2.05, 4.69) is 37.9 Å². The molecule has 0 aromatic heterocycles. The highest BCUT2D eigenvalue weighted by molar-refractivity contribution is 9.11. The van der Waals surface area contributed by atoms with E-state index >= 15 is 0 Å². The number of halogens is 1. The van der Waals surface area contributed by atoms with Crippen molar-refractivity contribution in [2.24, 2.45) is 0 Å². The Hall–Kier alpha value is -2.15. The smallest absolute Gasteiger partial charge is 0.328 e. The zero-order valence-electron chi connectivity index (χ0n) is 12.3. The molecule has 22 heavy (non-hydrogen) atoms. The third-order valence-corrected chi connectivity index (χ3v) is 2.99. The summed E-state index contributed by atoms with van der Waals surface area (Å²) in [6.07, 6.45) is 0.212. The molecule has 0 aliphatic heterocycles. The summed E-state index contributed by atoms with van der Waals surface area (Å²) in [6, 6.07) is 5.56. The summed E-state index contributed by atoms with van der Waals surface area (Å²) in [5, 5.41) is 5.17. The fourth-order valence-corrected chi connectivity index (χ4v) is 2.06. The molecule has 0 unspecified atom stereocenters. The van der Waals surface area contributed by atoms with Crippen molar-refractivity contribution in [3.63, 3.8) is 0 Å². The summed E-state index contributed by atoms with van der Waals surface area (Å²) in [5.74, 6) is -1.25. The zero-order chi connectivity index (χ0) is 16.7. The number of esters is 1. The van der Waals surface area contributed by atoms with Gasteiger partial charge >= 0.3 is 5.97 Å². The van der Waals surface area contributed by atoms with Gasteiger partial charge in [0.05, 0.1) is 7.11 Å². The van der Waals surface area contributed by atoms with Gasteiger partial charge in [-0.2, -0.15) is 0 Å². The Balaban J connectivity index is 2.87. The first-order valence-corrected chi connectivity index (χ1v) is 7.22. The van der Waals surface area contributed by atoms with Crippen LogP contribution in [0.3, 0.4) is 0 Å². The maximum atomic E-state index is 12.2. The summed E-state index contributed by atoms with van der Waals surface area (Å²) >= 11 is 3.16. The average Bonchev–Trinajstić information content (AvgIpc) is 2.44. The highest BCUT2D eigenvalue weighted by atomic mass is 79.9. The lowest BCUT2D eigenvalue weighted by molar-refractivity contribution is -0.142. The minimum Gasteiger partial charge on any atom is -0.467 e. The highest BCUT2D eigenvalue weighted by Crippen LogP contribution is 2.14. The summed E-state index contributed by atoms with van der Waals surface area (Å²) in [4.78, 5) is 34.9. The van der Waals surface area contributed by atoms with Crippen molar-refractivity contribution in [2.45, 2.75) is 19.4 Å². The number of anilines is 1. The Kier molecular flexibility index (Phi) is 6.78. The van der Waals surface area contributed by atoms with E-state index in [0.717, 1.165) is 0 Å². The highest BCUT2D eigenvalue weighted by Gasteiger charge is 2.22. The number of carbonyl (C=O) groups excluding carboxylic acids is 3. The van der Waals surface area contributed by atoms with Crippen LogP contribution in [-0.4, -0.2) is 30.9 Å². The number of methoxy groups -OCH3 is 1. The van der Waals surface area contributed by atoms with Crippen LogP contribution in [0, 0.1) is 0 Å². The van der Waals surface area contributed by atoms with Crippen LogP contribution in [-0.2, 0) is 14.3 Å². The molecule has 6 nitrogen and oxygen atoms in total. The largest absolute Gasteiger partial charge is 0.467 e. The molecule has 1 aromatic carbocycles. The van der Waals surface area contributed by atoms with Crippen molar-refractivity contribution in [2.75, 3.05) is 12.4 Å². The van der Waals surface area contributed by atoms with Crippen molar-refractivity contribution in [3.8, 4) is 0 Å². The molecule has 0 fully saturated rings. The molecule has 7 heteroatoms. The van der Waals surface area contributed by atoms with Crippen molar-refractivity contribution >= 4 is 39.4 Å². The number of ether oxygens (including phenoxy) is 1. The van der Waals surface area contributed by atoms with Crippen molar-refractivity contribution < 1.29 is 19.1 Å². The molecule has 2 N–H and O–H groups in total. The molecule has 0 saturated heterocycles. The minimum atomic E-state index is -0.839. The van der Waals surface area contributed by atoms with Gasteiger partial charge in [0.2, 0.25) is 5.91 Å². The second kappa shape index (κ2) is 8.33. The van der Waals surface area contributed by atoms with Gasteiger partial charge in [-0.1, -0.05) is 28.6 Å². The summed E-state index contributed by atoms with van der Waals surface area (Å²) < 4.78 is 5.22. The molecule has 118 valence electrons. The number of hydrogen-bond donors (Lipinski definition) is 2. The average molecular weight is 369 g/mol. The number of hydrogen-bond acceptors (Lipinski definition) is 4. The van der Waals surface area contributed by atoms with E-state index in [0.29, 0.717) is 15.7 Å². The predicted molar refractivity (Wildman–Crippen MR) is 86.7 cm³/mol. The van der Waals surface area contributed by atoms with Gasteiger partial charge in [-0.25, -0.2) is 4.79 Å². The number of nitrogens with one attached hydrogen (secondary N) is 2. The lowest BCUT2D eigenvalue weighted by Gasteiger charge is -2.16. The van der Waals surface area contributed by atoms with Crippen LogP contribution < -0.4 is 10.6 Å². The minimum absolute atomic E-state index is 0.212. The Morgan fingerprint density at radius 1 is 1.36 bits per heavy atom. The van der Waals surface area contributed by atoms with Crippen LogP contribution in [0.4, 0.5) is 5.69 Å². The van der Waals surface area contributed by atoms with Crippen LogP contribution in [0.25, 0.3) is 0 Å². The van der Waals surface area contributed by atoms with Gasteiger partial charge in [-0.05, 0) is 22.7 Å². The predicted octanol–water partition coefficient (Wildman–Crippen LogP) is 2.22. The Bertz CT molecular complexity index is 601. The molecule has 1 atom stereocenters.